The molecule has 0 aromatic carbocycles. The normalized spacial score (nSPS) is 18.6. The number of rotatable bonds is 4. The molecule has 0 aliphatic carbocycles. The van der Waals surface area contributed by atoms with Gasteiger partial charge in [0.05, 0.1) is 17.9 Å². The van der Waals surface area contributed by atoms with Crippen molar-refractivity contribution in [2.24, 2.45) is 0 Å². The first-order valence-corrected chi connectivity index (χ1v) is 6.46. The number of amides is 1. The van der Waals surface area contributed by atoms with E-state index in [-0.39, 0.29) is 18.2 Å². The first-order chi connectivity index (χ1) is 9.65. The summed E-state index contributed by atoms with van der Waals surface area (Å²) >= 11 is 0. The Labute approximate surface area is 116 Å². The van der Waals surface area contributed by atoms with Gasteiger partial charge in [-0.3, -0.25) is 10.00 Å². The van der Waals surface area contributed by atoms with Crippen LogP contribution in [0.15, 0.2) is 18.9 Å². The quantitative estimate of drug-likeness (QED) is 0.821. The zero-order valence-corrected chi connectivity index (χ0v) is 11.0. The highest BCUT2D eigenvalue weighted by atomic mass is 16.6. The van der Waals surface area contributed by atoms with Gasteiger partial charge in [-0.15, -0.1) is 0 Å². The van der Waals surface area contributed by atoms with Crippen molar-refractivity contribution in [3.8, 4) is 0 Å². The van der Waals surface area contributed by atoms with E-state index in [1.165, 1.54) is 12.3 Å². The Hall–Kier alpha value is -2.31. The van der Waals surface area contributed by atoms with Gasteiger partial charge in [-0.25, -0.2) is 9.59 Å². The van der Waals surface area contributed by atoms with Gasteiger partial charge in [-0.05, 0) is 19.3 Å². The number of aromatic nitrogens is 2. The standard InChI is InChI=1S/C13H17N3O4/c1-2-7-20-13(19)16-6-4-3-5-10(16)11-9(12(17)18)8-14-15-11/h2,8,10H,1,3-7H2,(H,14,15)(H,17,18). The fourth-order valence-corrected chi connectivity index (χ4v) is 2.38. The number of nitrogens with one attached hydrogen (secondary N) is 1. The summed E-state index contributed by atoms with van der Waals surface area (Å²) < 4.78 is 5.05. The van der Waals surface area contributed by atoms with E-state index in [2.05, 4.69) is 16.8 Å². The molecular formula is C13H17N3O4. The summed E-state index contributed by atoms with van der Waals surface area (Å²) in [6, 6.07) is -0.338. The number of likely N-dealkylation sites (tertiary alicyclic amines) is 1. The predicted molar refractivity (Wildman–Crippen MR) is 70.4 cm³/mol. The Morgan fingerprint density at radius 2 is 2.40 bits per heavy atom. The number of carboxylic acids is 1. The van der Waals surface area contributed by atoms with Crippen molar-refractivity contribution in [3.63, 3.8) is 0 Å². The number of piperidine rings is 1. The van der Waals surface area contributed by atoms with Gasteiger partial charge in [-0.2, -0.15) is 5.10 Å². The second kappa shape index (κ2) is 6.23. The number of carboxylic acid groups (broad SMARTS) is 1. The fraction of sp³-hybridized carbons (Fsp3) is 0.462. The number of hydrogen-bond donors (Lipinski definition) is 2. The zero-order valence-electron chi connectivity index (χ0n) is 11.0. The van der Waals surface area contributed by atoms with Crippen LogP contribution in [-0.2, 0) is 4.74 Å². The number of carbonyl (C=O) groups is 2. The molecule has 0 bridgehead atoms. The van der Waals surface area contributed by atoms with Crippen LogP contribution in [0.1, 0.15) is 41.4 Å². The number of nitrogens with zero attached hydrogens (tertiary/aromatic N) is 2. The lowest BCUT2D eigenvalue weighted by atomic mass is 9.97. The van der Waals surface area contributed by atoms with Crippen LogP contribution in [0, 0.1) is 0 Å². The van der Waals surface area contributed by atoms with Crippen molar-refractivity contribution in [3.05, 3.63) is 30.1 Å². The third-order valence-electron chi connectivity index (χ3n) is 3.29. The van der Waals surface area contributed by atoms with Crippen LogP contribution in [0.2, 0.25) is 0 Å². The number of aromatic amines is 1. The van der Waals surface area contributed by atoms with E-state index < -0.39 is 12.1 Å². The molecule has 2 N–H and O–H groups in total. The molecule has 7 nitrogen and oxygen atoms in total. The van der Waals surface area contributed by atoms with Crippen LogP contribution in [0.25, 0.3) is 0 Å². The van der Waals surface area contributed by atoms with Crippen LogP contribution in [0.3, 0.4) is 0 Å². The lowest BCUT2D eigenvalue weighted by Gasteiger charge is -2.34. The molecule has 7 heteroatoms. The highest BCUT2D eigenvalue weighted by Crippen LogP contribution is 2.32. The van der Waals surface area contributed by atoms with Crippen molar-refractivity contribution in [1.82, 2.24) is 15.1 Å². The summed E-state index contributed by atoms with van der Waals surface area (Å²) in [4.78, 5) is 24.7. The van der Waals surface area contributed by atoms with Gasteiger partial charge in [0, 0.05) is 6.54 Å². The van der Waals surface area contributed by atoms with E-state index in [1.54, 1.807) is 4.90 Å². The van der Waals surface area contributed by atoms with Crippen LogP contribution in [0.4, 0.5) is 4.79 Å². The lowest BCUT2D eigenvalue weighted by molar-refractivity contribution is 0.0672. The number of ether oxygens (including phenoxy) is 1. The molecule has 2 rings (SSSR count). The average Bonchev–Trinajstić information content (AvgIpc) is 2.94. The van der Waals surface area contributed by atoms with E-state index in [4.69, 9.17) is 9.84 Å². The molecule has 1 fully saturated rings. The second-order valence-electron chi connectivity index (χ2n) is 4.57. The number of carbonyl (C=O) groups excluding carboxylic acids is 1. The van der Waals surface area contributed by atoms with Crippen molar-refractivity contribution >= 4 is 12.1 Å². The molecule has 2 heterocycles. The van der Waals surface area contributed by atoms with Crippen LogP contribution >= 0.6 is 0 Å². The van der Waals surface area contributed by atoms with Crippen LogP contribution < -0.4 is 0 Å². The van der Waals surface area contributed by atoms with E-state index in [1.807, 2.05) is 0 Å². The maximum absolute atomic E-state index is 12.0. The molecule has 1 saturated heterocycles. The summed E-state index contributed by atoms with van der Waals surface area (Å²) in [5.41, 5.74) is 0.547. The van der Waals surface area contributed by atoms with Gasteiger partial charge >= 0.3 is 12.1 Å². The summed E-state index contributed by atoms with van der Waals surface area (Å²) in [5.74, 6) is -1.06. The monoisotopic (exact) mass is 279 g/mol. The molecule has 1 atom stereocenters. The third kappa shape index (κ3) is 2.81. The molecule has 1 unspecified atom stereocenters. The molecule has 0 radical (unpaired) electrons. The minimum absolute atomic E-state index is 0.0958. The Morgan fingerprint density at radius 1 is 1.60 bits per heavy atom. The number of H-pyrrole nitrogens is 1. The Bertz CT molecular complexity index is 511. The van der Waals surface area contributed by atoms with Gasteiger partial charge in [-0.1, -0.05) is 12.7 Å². The Kier molecular flexibility index (Phi) is 4.39. The molecule has 20 heavy (non-hydrogen) atoms. The molecule has 0 saturated carbocycles. The van der Waals surface area contributed by atoms with Crippen molar-refractivity contribution in [2.75, 3.05) is 13.2 Å². The maximum Gasteiger partial charge on any atom is 0.410 e. The highest BCUT2D eigenvalue weighted by molar-refractivity contribution is 5.89. The number of hydrogen-bond acceptors (Lipinski definition) is 4. The molecule has 1 aliphatic heterocycles. The predicted octanol–water partition coefficient (Wildman–Crippen LogP) is 1.96. The SMILES string of the molecule is C=CCOC(=O)N1CCCCC1c1[nH]ncc1C(=O)O. The smallest absolute Gasteiger partial charge is 0.410 e. The van der Waals surface area contributed by atoms with E-state index in [9.17, 15) is 9.59 Å². The first kappa shape index (κ1) is 14.1. The van der Waals surface area contributed by atoms with Gasteiger partial charge in [0.15, 0.2) is 0 Å². The van der Waals surface area contributed by atoms with E-state index >= 15 is 0 Å². The average molecular weight is 279 g/mol. The highest BCUT2D eigenvalue weighted by Gasteiger charge is 2.32. The zero-order chi connectivity index (χ0) is 14.5. The largest absolute Gasteiger partial charge is 0.478 e. The molecule has 1 aliphatic rings. The van der Waals surface area contributed by atoms with Crippen molar-refractivity contribution in [1.29, 1.82) is 0 Å². The molecule has 1 aromatic rings. The summed E-state index contributed by atoms with van der Waals surface area (Å²) in [5, 5.41) is 15.6. The summed E-state index contributed by atoms with van der Waals surface area (Å²) in [7, 11) is 0. The number of aromatic carboxylic acids is 1. The van der Waals surface area contributed by atoms with Gasteiger partial charge in [0.1, 0.15) is 12.2 Å². The van der Waals surface area contributed by atoms with Gasteiger partial charge in [0.2, 0.25) is 0 Å². The fourth-order valence-electron chi connectivity index (χ4n) is 2.38. The van der Waals surface area contributed by atoms with E-state index in [0.717, 1.165) is 12.8 Å². The molecule has 1 aromatic heterocycles. The van der Waals surface area contributed by atoms with Gasteiger partial charge < -0.3 is 9.84 Å². The van der Waals surface area contributed by atoms with Crippen LogP contribution in [-0.4, -0.2) is 45.4 Å². The summed E-state index contributed by atoms with van der Waals surface area (Å²) in [6.07, 6.45) is 4.78. The van der Waals surface area contributed by atoms with Crippen LogP contribution in [0.5, 0.6) is 0 Å². The Balaban J connectivity index is 2.22. The Morgan fingerprint density at radius 3 is 3.10 bits per heavy atom. The molecule has 108 valence electrons. The summed E-state index contributed by atoms with van der Waals surface area (Å²) in [6.45, 7) is 4.17. The third-order valence-corrected chi connectivity index (χ3v) is 3.29. The van der Waals surface area contributed by atoms with Crippen molar-refractivity contribution < 1.29 is 19.4 Å². The minimum atomic E-state index is -1.06. The molecular weight excluding hydrogens is 262 g/mol. The topological polar surface area (TPSA) is 95.5 Å². The van der Waals surface area contributed by atoms with E-state index in [0.29, 0.717) is 18.7 Å². The van der Waals surface area contributed by atoms with Gasteiger partial charge in [0.25, 0.3) is 0 Å². The molecule has 0 spiro atoms. The van der Waals surface area contributed by atoms with Crippen molar-refractivity contribution in [2.45, 2.75) is 25.3 Å². The lowest BCUT2D eigenvalue weighted by Crippen LogP contribution is -2.39. The maximum atomic E-state index is 12.0. The molecule has 1 amide bonds. The second-order valence-corrected chi connectivity index (χ2v) is 4.57. The first-order valence-electron chi connectivity index (χ1n) is 6.46. The minimum Gasteiger partial charge on any atom is -0.478 e.